The highest BCUT2D eigenvalue weighted by atomic mass is 19.4. The molecule has 2 aliphatic rings. The van der Waals surface area contributed by atoms with E-state index in [-0.39, 0.29) is 23.8 Å². The minimum atomic E-state index is -4.45. The molecule has 0 bridgehead atoms. The molecule has 1 saturated carbocycles. The molecule has 1 aliphatic carbocycles. The number of alkyl halides is 3. The van der Waals surface area contributed by atoms with E-state index in [0.29, 0.717) is 17.3 Å². The average molecular weight is 477 g/mol. The summed E-state index contributed by atoms with van der Waals surface area (Å²) in [5.41, 5.74) is 0.345. The van der Waals surface area contributed by atoms with Crippen molar-refractivity contribution < 1.29 is 13.2 Å². The van der Waals surface area contributed by atoms with E-state index in [9.17, 15) is 13.2 Å². The molecule has 2 aromatic heterocycles. The maximum Gasteiger partial charge on any atom is 0.416 e. The normalized spacial score (nSPS) is 17.8. The van der Waals surface area contributed by atoms with Crippen LogP contribution in [0.15, 0.2) is 18.5 Å². The summed E-state index contributed by atoms with van der Waals surface area (Å²) in [6.07, 6.45) is 8.16. The lowest BCUT2D eigenvalue weighted by Crippen LogP contribution is -2.24. The summed E-state index contributed by atoms with van der Waals surface area (Å²) in [4.78, 5) is 15.6. The van der Waals surface area contributed by atoms with Crippen LogP contribution >= 0.6 is 0 Å². The lowest BCUT2D eigenvalue weighted by molar-refractivity contribution is -0.138. The Morgan fingerprint density at radius 1 is 1.03 bits per heavy atom. The summed E-state index contributed by atoms with van der Waals surface area (Å²) < 4.78 is 42.1. The van der Waals surface area contributed by atoms with Crippen molar-refractivity contribution >= 4 is 11.8 Å². The molecule has 1 aliphatic heterocycles. The number of pyridine rings is 1. The predicted octanol–water partition coefficient (Wildman–Crippen LogP) is 6.11. The second-order valence-electron chi connectivity index (χ2n) is 9.42. The first-order valence-corrected chi connectivity index (χ1v) is 12.6. The minimum absolute atomic E-state index is 0.221. The van der Waals surface area contributed by atoms with Gasteiger partial charge in [-0.2, -0.15) is 18.2 Å². The Morgan fingerprint density at radius 3 is 2.50 bits per heavy atom. The van der Waals surface area contributed by atoms with Gasteiger partial charge in [-0.25, -0.2) is 4.98 Å². The summed E-state index contributed by atoms with van der Waals surface area (Å²) in [5.74, 6) is 1.03. The molecule has 0 unspecified atom stereocenters. The molecule has 2 fully saturated rings. The molecule has 34 heavy (non-hydrogen) atoms. The van der Waals surface area contributed by atoms with Crippen LogP contribution in [-0.4, -0.2) is 45.5 Å². The number of hydrogen-bond donors (Lipinski definition) is 2. The fourth-order valence-corrected chi connectivity index (χ4v) is 4.78. The van der Waals surface area contributed by atoms with Gasteiger partial charge >= 0.3 is 6.18 Å². The molecular formula is C25H35F3N6. The Kier molecular flexibility index (Phi) is 8.24. The van der Waals surface area contributed by atoms with E-state index in [2.05, 4.69) is 37.4 Å². The molecule has 0 aromatic carbocycles. The van der Waals surface area contributed by atoms with Crippen LogP contribution in [0, 0.1) is 0 Å². The van der Waals surface area contributed by atoms with Crippen LogP contribution in [0.3, 0.4) is 0 Å². The molecule has 4 rings (SSSR count). The number of aromatic nitrogens is 3. The Balaban J connectivity index is 1.66. The van der Waals surface area contributed by atoms with Gasteiger partial charge in [0.2, 0.25) is 5.95 Å². The first kappa shape index (κ1) is 24.7. The lowest BCUT2D eigenvalue weighted by Gasteiger charge is -2.25. The monoisotopic (exact) mass is 476 g/mol. The molecule has 9 heteroatoms. The zero-order valence-corrected chi connectivity index (χ0v) is 19.9. The van der Waals surface area contributed by atoms with Gasteiger partial charge < -0.3 is 10.6 Å². The van der Waals surface area contributed by atoms with Gasteiger partial charge in [-0.1, -0.05) is 32.6 Å². The molecule has 186 valence electrons. The van der Waals surface area contributed by atoms with Gasteiger partial charge in [-0.15, -0.1) is 0 Å². The molecule has 1 saturated heterocycles. The van der Waals surface area contributed by atoms with Gasteiger partial charge in [0, 0.05) is 31.5 Å². The Hall–Kier alpha value is -2.42. The molecule has 3 heterocycles. The van der Waals surface area contributed by atoms with Crippen LogP contribution in [-0.2, 0) is 12.7 Å². The summed E-state index contributed by atoms with van der Waals surface area (Å²) >= 11 is 0. The molecular weight excluding hydrogens is 441 g/mol. The first-order chi connectivity index (χ1) is 16.4. The van der Waals surface area contributed by atoms with E-state index in [4.69, 9.17) is 0 Å². The average Bonchev–Trinajstić information content (AvgIpc) is 3.33. The topological polar surface area (TPSA) is 66.0 Å². The third kappa shape index (κ3) is 6.37. The number of rotatable bonds is 9. The third-order valence-electron chi connectivity index (χ3n) is 6.71. The van der Waals surface area contributed by atoms with Gasteiger partial charge in [0.25, 0.3) is 0 Å². The van der Waals surface area contributed by atoms with Gasteiger partial charge in [-0.05, 0) is 56.8 Å². The zero-order valence-electron chi connectivity index (χ0n) is 19.9. The second kappa shape index (κ2) is 11.3. The van der Waals surface area contributed by atoms with Crippen LogP contribution in [0.1, 0.15) is 75.8 Å². The highest BCUT2D eigenvalue weighted by Crippen LogP contribution is 2.36. The summed E-state index contributed by atoms with van der Waals surface area (Å²) in [5, 5.41) is 6.71. The van der Waals surface area contributed by atoms with Crippen LogP contribution in [0.4, 0.5) is 24.9 Å². The summed E-state index contributed by atoms with van der Waals surface area (Å²) in [7, 11) is 0. The SMILES string of the molecule is CCCCNc1ncc(-c2cc(C(F)(F)F)c(CN3CCCC3)cn2)c(NC2CCCCC2)n1. The molecule has 2 aromatic rings. The molecule has 0 spiro atoms. The van der Waals surface area contributed by atoms with Crippen LogP contribution in [0.25, 0.3) is 11.3 Å². The van der Waals surface area contributed by atoms with Gasteiger partial charge in [0.15, 0.2) is 0 Å². The molecule has 2 N–H and O–H groups in total. The van der Waals surface area contributed by atoms with Gasteiger partial charge in [-0.3, -0.25) is 9.88 Å². The van der Waals surface area contributed by atoms with Crippen LogP contribution in [0.2, 0.25) is 0 Å². The minimum Gasteiger partial charge on any atom is -0.367 e. The fourth-order valence-electron chi connectivity index (χ4n) is 4.78. The lowest BCUT2D eigenvalue weighted by atomic mass is 9.95. The van der Waals surface area contributed by atoms with E-state index >= 15 is 0 Å². The third-order valence-corrected chi connectivity index (χ3v) is 6.71. The number of halogens is 3. The van der Waals surface area contributed by atoms with E-state index in [0.717, 1.165) is 71.0 Å². The van der Waals surface area contributed by atoms with Crippen molar-refractivity contribution in [3.8, 4) is 11.3 Å². The molecule has 0 amide bonds. The second-order valence-corrected chi connectivity index (χ2v) is 9.42. The van der Waals surface area contributed by atoms with Crippen LogP contribution < -0.4 is 10.6 Å². The Bertz CT molecular complexity index is 937. The Morgan fingerprint density at radius 2 is 1.79 bits per heavy atom. The number of hydrogen-bond acceptors (Lipinski definition) is 6. The van der Waals surface area contributed by atoms with Crippen molar-refractivity contribution in [2.75, 3.05) is 30.3 Å². The quantitative estimate of drug-likeness (QED) is 0.426. The number of nitrogens with one attached hydrogen (secondary N) is 2. The summed E-state index contributed by atoms with van der Waals surface area (Å²) in [6, 6.07) is 1.42. The van der Waals surface area contributed by atoms with Gasteiger partial charge in [0.1, 0.15) is 5.82 Å². The highest BCUT2D eigenvalue weighted by molar-refractivity contribution is 5.73. The number of unbranched alkanes of at least 4 members (excludes halogenated alkanes) is 1. The predicted molar refractivity (Wildman–Crippen MR) is 129 cm³/mol. The standard InChI is InChI=1S/C25H35F3N6/c1-2-3-11-29-24-31-16-20(23(33-24)32-19-9-5-4-6-10-19)22-14-21(25(26,27)28)18(15-30-22)17-34-12-7-8-13-34/h14-16,19H,2-13,17H2,1H3,(H2,29,31,32,33). The maximum absolute atomic E-state index is 14.0. The van der Waals surface area contributed by atoms with Crippen molar-refractivity contribution in [3.63, 3.8) is 0 Å². The van der Waals surface area contributed by atoms with E-state index in [1.807, 2.05) is 0 Å². The van der Waals surface area contributed by atoms with Crippen molar-refractivity contribution in [2.45, 2.75) is 83.5 Å². The Labute approximate surface area is 199 Å². The fraction of sp³-hybridized carbons (Fsp3) is 0.640. The first-order valence-electron chi connectivity index (χ1n) is 12.6. The number of likely N-dealkylation sites (tertiary alicyclic amines) is 1. The largest absolute Gasteiger partial charge is 0.416 e. The van der Waals surface area contributed by atoms with Crippen molar-refractivity contribution in [3.05, 3.63) is 29.6 Å². The van der Waals surface area contributed by atoms with E-state index in [1.54, 1.807) is 6.20 Å². The molecule has 0 atom stereocenters. The molecule has 6 nitrogen and oxygen atoms in total. The highest BCUT2D eigenvalue weighted by Gasteiger charge is 2.35. The van der Waals surface area contributed by atoms with Crippen molar-refractivity contribution in [1.29, 1.82) is 0 Å². The van der Waals surface area contributed by atoms with Crippen LogP contribution in [0.5, 0.6) is 0 Å². The smallest absolute Gasteiger partial charge is 0.367 e. The van der Waals surface area contributed by atoms with E-state index < -0.39 is 11.7 Å². The number of anilines is 2. The zero-order chi connectivity index (χ0) is 24.0. The maximum atomic E-state index is 14.0. The molecule has 0 radical (unpaired) electrons. The summed E-state index contributed by atoms with van der Waals surface area (Å²) in [6.45, 7) is 4.79. The number of nitrogens with zero attached hydrogens (tertiary/aromatic N) is 4. The van der Waals surface area contributed by atoms with Crippen molar-refractivity contribution in [1.82, 2.24) is 19.9 Å². The van der Waals surface area contributed by atoms with Gasteiger partial charge in [0.05, 0.1) is 16.8 Å². The van der Waals surface area contributed by atoms with Crippen molar-refractivity contribution in [2.24, 2.45) is 0 Å². The van der Waals surface area contributed by atoms with E-state index in [1.165, 1.54) is 18.7 Å².